The second-order valence-electron chi connectivity index (χ2n) is 8.06. The maximum atomic E-state index is 13.3. The summed E-state index contributed by atoms with van der Waals surface area (Å²) in [5, 5.41) is 9.17. The van der Waals surface area contributed by atoms with Crippen molar-refractivity contribution in [2.24, 2.45) is 0 Å². The highest BCUT2D eigenvalue weighted by molar-refractivity contribution is 8.00. The molecule has 0 aliphatic heterocycles. The van der Waals surface area contributed by atoms with Crippen LogP contribution < -0.4 is 5.56 Å². The van der Waals surface area contributed by atoms with E-state index in [1.54, 1.807) is 38.3 Å². The number of ketones is 1. The number of aromatic amines is 1. The number of Topliss-reactive ketones (excluding diaryl/α,β-unsaturated/α-hetero) is 1. The van der Waals surface area contributed by atoms with E-state index in [9.17, 15) is 14.4 Å². The summed E-state index contributed by atoms with van der Waals surface area (Å²) in [6.45, 7) is 9.79. The Morgan fingerprint density at radius 1 is 1.18 bits per heavy atom. The zero-order valence-corrected chi connectivity index (χ0v) is 20.7. The molecule has 0 aliphatic carbocycles. The normalized spacial score (nSPS) is 12.4. The molecule has 0 saturated heterocycles. The molecule has 0 spiro atoms. The van der Waals surface area contributed by atoms with Gasteiger partial charge in [0.1, 0.15) is 0 Å². The summed E-state index contributed by atoms with van der Waals surface area (Å²) in [5.41, 5.74) is 2.52. The SMILES string of the molecule is CCCn1c(=O)c2ccccc2n2c(SC(C)C(=O)c3[nH]c(C)c(C(=O)OCC)c3C)nnc12. The van der Waals surface area contributed by atoms with E-state index >= 15 is 0 Å². The minimum Gasteiger partial charge on any atom is -0.462 e. The van der Waals surface area contributed by atoms with Crippen LogP contribution in [0, 0.1) is 13.8 Å². The van der Waals surface area contributed by atoms with E-state index < -0.39 is 11.2 Å². The van der Waals surface area contributed by atoms with Crippen molar-refractivity contribution in [2.45, 2.75) is 58.0 Å². The number of benzene rings is 1. The number of aromatic nitrogens is 5. The lowest BCUT2D eigenvalue weighted by Crippen LogP contribution is -2.23. The van der Waals surface area contributed by atoms with E-state index in [4.69, 9.17) is 4.74 Å². The van der Waals surface area contributed by atoms with Crippen molar-refractivity contribution in [3.05, 3.63) is 57.1 Å². The summed E-state index contributed by atoms with van der Waals surface area (Å²) >= 11 is 1.26. The van der Waals surface area contributed by atoms with Crippen molar-refractivity contribution < 1.29 is 14.3 Å². The average Bonchev–Trinajstić information content (AvgIpc) is 3.36. The molecule has 4 rings (SSSR count). The number of rotatable bonds is 8. The van der Waals surface area contributed by atoms with Gasteiger partial charge in [0.15, 0.2) is 10.9 Å². The second-order valence-corrected chi connectivity index (χ2v) is 9.37. The number of thioether (sulfide) groups is 1. The van der Waals surface area contributed by atoms with Gasteiger partial charge in [-0.3, -0.25) is 18.6 Å². The summed E-state index contributed by atoms with van der Waals surface area (Å²) < 4.78 is 8.59. The van der Waals surface area contributed by atoms with Gasteiger partial charge in [0, 0.05) is 12.2 Å². The van der Waals surface area contributed by atoms with Crippen molar-refractivity contribution in [3.63, 3.8) is 0 Å². The molecule has 0 radical (unpaired) electrons. The molecule has 0 aliphatic rings. The Bertz CT molecular complexity index is 1470. The van der Waals surface area contributed by atoms with Crippen molar-refractivity contribution in [3.8, 4) is 0 Å². The van der Waals surface area contributed by atoms with Crippen LogP contribution in [0.2, 0.25) is 0 Å². The monoisotopic (exact) mass is 481 g/mol. The number of H-pyrrole nitrogens is 1. The molecule has 3 heterocycles. The van der Waals surface area contributed by atoms with E-state index in [1.807, 2.05) is 29.5 Å². The quantitative estimate of drug-likeness (QED) is 0.230. The van der Waals surface area contributed by atoms with Gasteiger partial charge in [-0.25, -0.2) is 4.79 Å². The van der Waals surface area contributed by atoms with Gasteiger partial charge in [-0.1, -0.05) is 30.8 Å². The Morgan fingerprint density at radius 3 is 2.62 bits per heavy atom. The lowest BCUT2D eigenvalue weighted by atomic mass is 10.1. The number of aryl methyl sites for hydroxylation is 2. The minimum absolute atomic E-state index is 0.109. The first kappa shape index (κ1) is 23.7. The number of nitrogens with one attached hydrogen (secondary N) is 1. The summed E-state index contributed by atoms with van der Waals surface area (Å²) in [6.07, 6.45) is 0.770. The van der Waals surface area contributed by atoms with E-state index in [1.165, 1.54) is 11.8 Å². The first-order valence-corrected chi connectivity index (χ1v) is 12.1. The average molecular weight is 482 g/mol. The molecule has 9 nitrogen and oxygen atoms in total. The lowest BCUT2D eigenvalue weighted by molar-refractivity contribution is 0.0525. The first-order chi connectivity index (χ1) is 16.3. The summed E-state index contributed by atoms with van der Waals surface area (Å²) in [7, 11) is 0. The number of esters is 1. The number of para-hydroxylation sites is 1. The van der Waals surface area contributed by atoms with Crippen LogP contribution in [-0.4, -0.2) is 47.8 Å². The van der Waals surface area contributed by atoms with Crippen LogP contribution >= 0.6 is 11.8 Å². The summed E-state index contributed by atoms with van der Waals surface area (Å²) in [6, 6.07) is 7.32. The third-order valence-corrected chi connectivity index (χ3v) is 6.78. The van der Waals surface area contributed by atoms with Crippen LogP contribution in [0.4, 0.5) is 0 Å². The summed E-state index contributed by atoms with van der Waals surface area (Å²) in [4.78, 5) is 41.7. The molecular weight excluding hydrogens is 454 g/mol. The fraction of sp³-hybridized carbons (Fsp3) is 0.375. The highest BCUT2D eigenvalue weighted by Gasteiger charge is 2.28. The number of ether oxygens (including phenoxy) is 1. The maximum Gasteiger partial charge on any atom is 0.340 e. The molecule has 0 saturated carbocycles. The van der Waals surface area contributed by atoms with Gasteiger partial charge in [-0.15, -0.1) is 10.2 Å². The second kappa shape index (κ2) is 9.46. The number of nitrogens with zero attached hydrogens (tertiary/aromatic N) is 4. The summed E-state index contributed by atoms with van der Waals surface area (Å²) in [5.74, 6) is -0.162. The number of hydrogen-bond donors (Lipinski definition) is 1. The number of carbonyl (C=O) groups excluding carboxylic acids is 2. The highest BCUT2D eigenvalue weighted by atomic mass is 32.2. The van der Waals surface area contributed by atoms with E-state index in [2.05, 4.69) is 15.2 Å². The van der Waals surface area contributed by atoms with Crippen molar-refractivity contribution in [1.82, 2.24) is 24.1 Å². The fourth-order valence-electron chi connectivity index (χ4n) is 4.16. The Kier molecular flexibility index (Phi) is 6.60. The van der Waals surface area contributed by atoms with Crippen LogP contribution in [0.15, 0.2) is 34.2 Å². The van der Waals surface area contributed by atoms with Crippen LogP contribution in [-0.2, 0) is 11.3 Å². The van der Waals surface area contributed by atoms with Crippen molar-refractivity contribution in [2.75, 3.05) is 6.61 Å². The standard InChI is InChI=1S/C24H27N5O4S/c1-6-12-28-21(31)16-10-8-9-11-17(16)29-23(28)26-27-24(29)34-15(5)20(30)19-13(3)18(14(4)25-19)22(32)33-7-2/h8-11,15,25H,6-7,12H2,1-5H3. The maximum absolute atomic E-state index is 13.3. The predicted octanol–water partition coefficient (Wildman–Crippen LogP) is 3.94. The molecule has 0 fully saturated rings. The molecule has 1 unspecified atom stereocenters. The molecule has 34 heavy (non-hydrogen) atoms. The highest BCUT2D eigenvalue weighted by Crippen LogP contribution is 2.29. The van der Waals surface area contributed by atoms with E-state index in [-0.39, 0.29) is 17.9 Å². The minimum atomic E-state index is -0.524. The lowest BCUT2D eigenvalue weighted by Gasteiger charge is -2.12. The molecular formula is C24H27N5O4S. The van der Waals surface area contributed by atoms with Gasteiger partial charge >= 0.3 is 5.97 Å². The fourth-order valence-corrected chi connectivity index (χ4v) is 5.07. The van der Waals surface area contributed by atoms with Gasteiger partial charge in [0.2, 0.25) is 5.78 Å². The number of fused-ring (bicyclic) bond motifs is 3. The van der Waals surface area contributed by atoms with Crippen LogP contribution in [0.1, 0.15) is 59.3 Å². The van der Waals surface area contributed by atoms with Crippen molar-refractivity contribution in [1.29, 1.82) is 0 Å². The Labute approximate surface area is 200 Å². The Hall–Kier alpha value is -3.40. The predicted molar refractivity (Wildman–Crippen MR) is 131 cm³/mol. The van der Waals surface area contributed by atoms with Gasteiger partial charge in [0.05, 0.1) is 34.0 Å². The molecule has 10 heteroatoms. The van der Waals surface area contributed by atoms with Crippen molar-refractivity contribution >= 4 is 40.2 Å². The Balaban J connectivity index is 1.74. The largest absolute Gasteiger partial charge is 0.462 e. The molecule has 0 bridgehead atoms. The van der Waals surface area contributed by atoms with E-state index in [0.717, 1.165) is 6.42 Å². The van der Waals surface area contributed by atoms with Crippen LogP contribution in [0.25, 0.3) is 16.7 Å². The smallest absolute Gasteiger partial charge is 0.340 e. The molecule has 3 aromatic heterocycles. The molecule has 4 aromatic rings. The van der Waals surface area contributed by atoms with Gasteiger partial charge < -0.3 is 9.72 Å². The van der Waals surface area contributed by atoms with Gasteiger partial charge in [-0.05, 0) is 51.8 Å². The Morgan fingerprint density at radius 2 is 1.91 bits per heavy atom. The molecule has 0 amide bonds. The third kappa shape index (κ3) is 3.91. The third-order valence-electron chi connectivity index (χ3n) is 5.74. The van der Waals surface area contributed by atoms with Crippen LogP contribution in [0.5, 0.6) is 0 Å². The molecule has 1 atom stereocenters. The van der Waals surface area contributed by atoms with E-state index in [0.29, 0.717) is 50.9 Å². The van der Waals surface area contributed by atoms with Crippen LogP contribution in [0.3, 0.4) is 0 Å². The molecule has 178 valence electrons. The van der Waals surface area contributed by atoms with Gasteiger partial charge in [-0.2, -0.15) is 0 Å². The zero-order chi connectivity index (χ0) is 24.6. The molecule has 1 aromatic carbocycles. The zero-order valence-electron chi connectivity index (χ0n) is 19.8. The topological polar surface area (TPSA) is 111 Å². The number of carbonyl (C=O) groups is 2. The first-order valence-electron chi connectivity index (χ1n) is 11.2. The number of hydrogen-bond acceptors (Lipinski definition) is 7. The van der Waals surface area contributed by atoms with Gasteiger partial charge in [0.25, 0.3) is 5.56 Å². The molecule has 1 N–H and O–H groups in total.